The molecule has 0 aromatic heterocycles. The second kappa shape index (κ2) is 9.40. The normalized spacial score (nSPS) is 30.9. The smallest absolute Gasteiger partial charge is 0.000156 e. The van der Waals surface area contributed by atoms with Gasteiger partial charge < -0.3 is 0 Å². The molecule has 1 heteroatoms. The Bertz CT molecular complexity index is 487. The van der Waals surface area contributed by atoms with Crippen LogP contribution in [0.15, 0.2) is 36.9 Å². The van der Waals surface area contributed by atoms with Gasteiger partial charge >= 0.3 is 0 Å². The highest BCUT2D eigenvalue weighted by Crippen LogP contribution is 2.44. The van der Waals surface area contributed by atoms with Crippen molar-refractivity contribution in [3.8, 4) is 0 Å². The monoisotopic (exact) mass is 436 g/mol. The Morgan fingerprint density at radius 3 is 2.00 bits per heavy atom. The van der Waals surface area contributed by atoms with Gasteiger partial charge in [0.2, 0.25) is 0 Å². The molecule has 132 valence electrons. The first-order chi connectivity index (χ1) is 11.8. The molecule has 0 radical (unpaired) electrons. The van der Waals surface area contributed by atoms with Crippen LogP contribution in [0.2, 0.25) is 0 Å². The Morgan fingerprint density at radius 1 is 0.875 bits per heavy atom. The van der Waals surface area contributed by atoms with Gasteiger partial charge in [0.05, 0.1) is 0 Å². The van der Waals surface area contributed by atoms with Crippen molar-refractivity contribution >= 4 is 22.6 Å². The van der Waals surface area contributed by atoms with E-state index in [2.05, 4.69) is 59.5 Å². The van der Waals surface area contributed by atoms with Gasteiger partial charge in [0, 0.05) is 0 Å². The van der Waals surface area contributed by atoms with E-state index in [-0.39, 0.29) is 0 Å². The first-order valence-corrected chi connectivity index (χ1v) is 11.6. The number of alkyl halides is 1. The van der Waals surface area contributed by atoms with Gasteiger partial charge in [-0.2, -0.15) is 0 Å². The second-order valence-electron chi connectivity index (χ2n) is 8.06. The summed E-state index contributed by atoms with van der Waals surface area (Å²) >= 11 is 2.47. The molecule has 0 unspecified atom stereocenters. The minimum Gasteiger partial charge on any atom is -0.103 e. The molecule has 0 atom stereocenters. The Labute approximate surface area is 162 Å². The van der Waals surface area contributed by atoms with Crippen molar-refractivity contribution in [2.75, 3.05) is 4.43 Å². The topological polar surface area (TPSA) is 0 Å². The predicted octanol–water partition coefficient (Wildman–Crippen LogP) is 7.32. The maximum absolute atomic E-state index is 3.99. The molecule has 0 heterocycles. The molecule has 24 heavy (non-hydrogen) atoms. The average molecular weight is 436 g/mol. The van der Waals surface area contributed by atoms with E-state index in [0.717, 1.165) is 23.7 Å². The summed E-state index contributed by atoms with van der Waals surface area (Å²) < 4.78 is 1.26. The van der Waals surface area contributed by atoms with Crippen molar-refractivity contribution < 1.29 is 0 Å². The van der Waals surface area contributed by atoms with Gasteiger partial charge in [-0.1, -0.05) is 52.9 Å². The van der Waals surface area contributed by atoms with Crippen molar-refractivity contribution in [1.82, 2.24) is 0 Å². The molecule has 1 aromatic carbocycles. The summed E-state index contributed by atoms with van der Waals surface area (Å²) in [6.45, 7) is 3.99. The van der Waals surface area contributed by atoms with E-state index in [0.29, 0.717) is 0 Å². The molecule has 0 aliphatic heterocycles. The van der Waals surface area contributed by atoms with Gasteiger partial charge in [-0.3, -0.25) is 0 Å². The lowest BCUT2D eigenvalue weighted by molar-refractivity contribution is 0.171. The summed E-state index contributed by atoms with van der Waals surface area (Å²) in [6, 6.07) is 9.60. The lowest BCUT2D eigenvalue weighted by Gasteiger charge is -2.37. The zero-order chi connectivity index (χ0) is 16.8. The van der Waals surface area contributed by atoms with Crippen molar-refractivity contribution in [2.24, 2.45) is 17.8 Å². The number of hydrogen-bond donors (Lipinski definition) is 0. The van der Waals surface area contributed by atoms with E-state index in [4.69, 9.17) is 0 Å². The summed E-state index contributed by atoms with van der Waals surface area (Å²) in [6.07, 6.45) is 16.2. The first-order valence-electron chi connectivity index (χ1n) is 10.1. The Morgan fingerprint density at radius 2 is 1.46 bits per heavy atom. The zero-order valence-electron chi connectivity index (χ0n) is 15.1. The Hall–Kier alpha value is -0.310. The van der Waals surface area contributed by atoms with Gasteiger partial charge in [0.15, 0.2) is 0 Å². The molecule has 0 bridgehead atoms. The molecule has 0 amide bonds. The van der Waals surface area contributed by atoms with E-state index >= 15 is 0 Å². The average Bonchev–Trinajstić information content (AvgIpc) is 2.67. The third-order valence-corrected chi connectivity index (χ3v) is 7.40. The van der Waals surface area contributed by atoms with Crippen LogP contribution < -0.4 is 0 Å². The summed E-state index contributed by atoms with van der Waals surface area (Å²) in [5.41, 5.74) is 3.12. The highest BCUT2D eigenvalue weighted by molar-refractivity contribution is 14.1. The van der Waals surface area contributed by atoms with E-state index in [9.17, 15) is 0 Å². The maximum atomic E-state index is 3.99. The lowest BCUT2D eigenvalue weighted by atomic mass is 9.68. The van der Waals surface area contributed by atoms with Gasteiger partial charge in [-0.25, -0.2) is 0 Å². The molecule has 0 nitrogen and oxygen atoms in total. The van der Waals surface area contributed by atoms with Crippen LogP contribution in [0.3, 0.4) is 0 Å². The summed E-state index contributed by atoms with van der Waals surface area (Å²) in [7, 11) is 0. The highest BCUT2D eigenvalue weighted by Gasteiger charge is 2.30. The predicted molar refractivity (Wildman–Crippen MR) is 114 cm³/mol. The lowest BCUT2D eigenvalue weighted by Crippen LogP contribution is -2.25. The highest BCUT2D eigenvalue weighted by atomic mass is 127. The van der Waals surface area contributed by atoms with Crippen LogP contribution in [0.1, 0.15) is 74.8 Å². The fourth-order valence-corrected chi connectivity index (χ4v) is 5.38. The molecular formula is C23H33I. The van der Waals surface area contributed by atoms with Gasteiger partial charge in [0.25, 0.3) is 0 Å². The van der Waals surface area contributed by atoms with Gasteiger partial charge in [-0.15, -0.1) is 6.58 Å². The zero-order valence-corrected chi connectivity index (χ0v) is 17.2. The third kappa shape index (κ3) is 4.86. The van der Waals surface area contributed by atoms with E-state index in [1.54, 1.807) is 5.56 Å². The quantitative estimate of drug-likeness (QED) is 0.249. The van der Waals surface area contributed by atoms with Crippen LogP contribution in [0.25, 0.3) is 0 Å². The standard InChI is InChI=1S/C23H33I/c1-2-18-5-9-20(10-6-18)22-13-15-23(16-14-22)21-11-7-19(8-12-21)4-3-17-24/h2,7-8,11-12,18,20,22-23H,1,3-6,9-10,13-17H2. The number of hydrogen-bond acceptors (Lipinski definition) is 0. The van der Waals surface area contributed by atoms with Crippen LogP contribution in [-0.2, 0) is 6.42 Å². The molecule has 1 aromatic rings. The largest absolute Gasteiger partial charge is 0.103 e. The molecular weight excluding hydrogens is 403 g/mol. The van der Waals surface area contributed by atoms with Crippen LogP contribution in [0.4, 0.5) is 0 Å². The van der Waals surface area contributed by atoms with Gasteiger partial charge in [-0.05, 0) is 103 Å². The SMILES string of the molecule is C=CC1CCC(C2CCC(c3ccc(CCCI)cc3)CC2)CC1. The van der Waals surface area contributed by atoms with Crippen molar-refractivity contribution in [3.05, 3.63) is 48.0 Å². The van der Waals surface area contributed by atoms with Gasteiger partial charge in [0.1, 0.15) is 0 Å². The fraction of sp³-hybridized carbons (Fsp3) is 0.652. The molecule has 2 saturated carbocycles. The molecule has 0 saturated heterocycles. The summed E-state index contributed by atoms with van der Waals surface area (Å²) in [5, 5.41) is 0. The Balaban J connectivity index is 1.47. The first kappa shape index (κ1) is 18.5. The summed E-state index contributed by atoms with van der Waals surface area (Å²) in [4.78, 5) is 0. The fourth-order valence-electron chi connectivity index (χ4n) is 5.00. The summed E-state index contributed by atoms with van der Waals surface area (Å²) in [5.74, 6) is 3.65. The van der Waals surface area contributed by atoms with Crippen LogP contribution in [0, 0.1) is 17.8 Å². The number of rotatable bonds is 6. The van der Waals surface area contributed by atoms with Crippen LogP contribution in [-0.4, -0.2) is 4.43 Å². The Kier molecular flexibility index (Phi) is 7.24. The molecule has 0 spiro atoms. The third-order valence-electron chi connectivity index (χ3n) is 6.64. The van der Waals surface area contributed by atoms with E-state index < -0.39 is 0 Å². The maximum Gasteiger partial charge on any atom is -0.000156 e. The number of aryl methyl sites for hydroxylation is 1. The number of benzene rings is 1. The molecule has 3 rings (SSSR count). The minimum absolute atomic E-state index is 0.809. The van der Waals surface area contributed by atoms with Crippen LogP contribution >= 0.6 is 22.6 Å². The number of allylic oxidation sites excluding steroid dienone is 1. The van der Waals surface area contributed by atoms with Crippen molar-refractivity contribution in [2.45, 2.75) is 70.1 Å². The van der Waals surface area contributed by atoms with Crippen molar-refractivity contribution in [3.63, 3.8) is 0 Å². The molecule has 2 aliphatic carbocycles. The molecule has 2 aliphatic rings. The van der Waals surface area contributed by atoms with E-state index in [1.807, 2.05) is 0 Å². The van der Waals surface area contributed by atoms with Crippen molar-refractivity contribution in [1.29, 1.82) is 0 Å². The molecule has 0 N–H and O–H groups in total. The van der Waals surface area contributed by atoms with Crippen LogP contribution in [0.5, 0.6) is 0 Å². The number of halogens is 1. The minimum atomic E-state index is 0.809. The van der Waals surface area contributed by atoms with E-state index in [1.165, 1.54) is 74.2 Å². The second-order valence-corrected chi connectivity index (χ2v) is 9.14. The molecule has 2 fully saturated rings.